The summed E-state index contributed by atoms with van der Waals surface area (Å²) in [5.41, 5.74) is 3.66. The number of nitrogens with zero attached hydrogens (tertiary/aromatic N) is 4. The van der Waals surface area contributed by atoms with Gasteiger partial charge in [0.2, 0.25) is 0 Å². The number of nitrogens with one attached hydrogen (secondary N) is 1. The van der Waals surface area contributed by atoms with Crippen LogP contribution in [0.5, 0.6) is 0 Å². The highest BCUT2D eigenvalue weighted by atomic mass is 19.1. The molecule has 3 aromatic rings. The minimum atomic E-state index is -0.327. The number of carbonyl (C=O) groups excluding carboxylic acids is 1. The number of hydrogen-bond donors (Lipinski definition) is 1. The summed E-state index contributed by atoms with van der Waals surface area (Å²) in [4.78, 5) is 34.1. The van der Waals surface area contributed by atoms with Gasteiger partial charge in [-0.1, -0.05) is 0 Å². The molecular weight excluding hydrogens is 361 g/mol. The number of H-pyrrole nitrogens is 1. The maximum Gasteiger partial charge on any atom is 0.257 e. The lowest BCUT2D eigenvalue weighted by Gasteiger charge is -2.28. The molecule has 0 fully saturated rings. The molecule has 0 saturated carbocycles. The lowest BCUT2D eigenvalue weighted by atomic mass is 10.0. The first-order valence-corrected chi connectivity index (χ1v) is 9.05. The maximum atomic E-state index is 13.2. The standard InChI is InChI=1S/C20H20FN5O2/c1-11-18(12(2)26(24-11)15-6-4-14(21)5-7-15)20(28)25-9-8-16-17(10-25)22-13(3)23-19(16)27/h4-7H,8-10H2,1-3H3,(H,22,23,27). The van der Waals surface area contributed by atoms with Crippen molar-refractivity contribution in [2.24, 2.45) is 0 Å². The van der Waals surface area contributed by atoms with E-state index in [-0.39, 0.29) is 17.3 Å². The van der Waals surface area contributed by atoms with Crippen LogP contribution >= 0.6 is 0 Å². The minimum Gasteiger partial charge on any atom is -0.332 e. The molecule has 1 aliphatic rings. The Bertz CT molecular complexity index is 1130. The molecule has 1 amide bonds. The highest BCUT2D eigenvalue weighted by molar-refractivity contribution is 5.96. The van der Waals surface area contributed by atoms with Gasteiger partial charge in [-0.15, -0.1) is 0 Å². The molecule has 1 aliphatic heterocycles. The third-order valence-electron chi connectivity index (χ3n) is 5.06. The molecule has 28 heavy (non-hydrogen) atoms. The van der Waals surface area contributed by atoms with Crippen molar-refractivity contribution < 1.29 is 9.18 Å². The van der Waals surface area contributed by atoms with Gasteiger partial charge in [0.05, 0.1) is 34.9 Å². The largest absolute Gasteiger partial charge is 0.332 e. The Morgan fingerprint density at radius 1 is 1.18 bits per heavy atom. The first-order valence-electron chi connectivity index (χ1n) is 9.05. The summed E-state index contributed by atoms with van der Waals surface area (Å²) in [6.07, 6.45) is 0.466. The number of carbonyl (C=O) groups is 1. The van der Waals surface area contributed by atoms with E-state index in [0.29, 0.717) is 59.2 Å². The number of fused-ring (bicyclic) bond motifs is 1. The molecule has 7 nitrogen and oxygen atoms in total. The third-order valence-corrected chi connectivity index (χ3v) is 5.06. The molecule has 3 heterocycles. The average Bonchev–Trinajstić information content (AvgIpc) is 2.95. The van der Waals surface area contributed by atoms with Crippen LogP contribution in [0.1, 0.15) is 38.8 Å². The van der Waals surface area contributed by atoms with Crippen LogP contribution in [0.2, 0.25) is 0 Å². The molecule has 0 aliphatic carbocycles. The fraction of sp³-hybridized carbons (Fsp3) is 0.300. The van der Waals surface area contributed by atoms with E-state index in [9.17, 15) is 14.0 Å². The quantitative estimate of drug-likeness (QED) is 0.738. The van der Waals surface area contributed by atoms with Crippen molar-refractivity contribution in [3.63, 3.8) is 0 Å². The molecule has 0 bridgehead atoms. The predicted molar refractivity (Wildman–Crippen MR) is 101 cm³/mol. The third kappa shape index (κ3) is 3.00. The van der Waals surface area contributed by atoms with Crippen LogP contribution in [0.3, 0.4) is 0 Å². The van der Waals surface area contributed by atoms with E-state index in [4.69, 9.17) is 0 Å². The number of aromatic nitrogens is 4. The maximum absolute atomic E-state index is 13.2. The van der Waals surface area contributed by atoms with Crippen molar-refractivity contribution in [3.8, 4) is 5.69 Å². The zero-order valence-electron chi connectivity index (χ0n) is 15.9. The van der Waals surface area contributed by atoms with E-state index in [1.807, 2.05) is 6.92 Å². The van der Waals surface area contributed by atoms with Crippen LogP contribution in [-0.4, -0.2) is 37.1 Å². The molecule has 0 spiro atoms. The van der Waals surface area contributed by atoms with Crippen LogP contribution < -0.4 is 5.56 Å². The Morgan fingerprint density at radius 3 is 2.61 bits per heavy atom. The molecule has 2 aromatic heterocycles. The number of halogens is 1. The van der Waals surface area contributed by atoms with Gasteiger partial charge in [0.1, 0.15) is 11.6 Å². The average molecular weight is 381 g/mol. The Morgan fingerprint density at radius 2 is 1.89 bits per heavy atom. The normalized spacial score (nSPS) is 13.5. The smallest absolute Gasteiger partial charge is 0.257 e. The second-order valence-corrected chi connectivity index (χ2v) is 6.99. The molecule has 8 heteroatoms. The molecule has 1 aromatic carbocycles. The lowest BCUT2D eigenvalue weighted by molar-refractivity contribution is 0.0729. The fourth-order valence-corrected chi connectivity index (χ4v) is 3.68. The molecule has 0 unspecified atom stereocenters. The van der Waals surface area contributed by atoms with Crippen LogP contribution in [0.25, 0.3) is 5.69 Å². The summed E-state index contributed by atoms with van der Waals surface area (Å²) in [6.45, 7) is 6.07. The number of amides is 1. The first-order chi connectivity index (χ1) is 13.3. The summed E-state index contributed by atoms with van der Waals surface area (Å²) >= 11 is 0. The molecule has 0 saturated heterocycles. The lowest BCUT2D eigenvalue weighted by Crippen LogP contribution is -2.39. The molecule has 4 rings (SSSR count). The van der Waals surface area contributed by atoms with Gasteiger partial charge in [0.15, 0.2) is 0 Å². The molecule has 1 N–H and O–H groups in total. The Balaban J connectivity index is 1.67. The van der Waals surface area contributed by atoms with Gasteiger partial charge in [-0.05, 0) is 51.5 Å². The minimum absolute atomic E-state index is 0.133. The van der Waals surface area contributed by atoms with Gasteiger partial charge < -0.3 is 9.88 Å². The van der Waals surface area contributed by atoms with E-state index in [2.05, 4.69) is 15.1 Å². The second-order valence-electron chi connectivity index (χ2n) is 6.99. The van der Waals surface area contributed by atoms with Gasteiger partial charge in [-0.2, -0.15) is 5.10 Å². The zero-order chi connectivity index (χ0) is 20.0. The highest BCUT2D eigenvalue weighted by Crippen LogP contribution is 2.23. The Hall–Kier alpha value is -3.29. The van der Waals surface area contributed by atoms with Crippen LogP contribution in [0.4, 0.5) is 4.39 Å². The topological polar surface area (TPSA) is 83.9 Å². The number of hydrogen-bond acceptors (Lipinski definition) is 4. The SMILES string of the molecule is Cc1nc2c(c(=O)[nH]1)CCN(C(=O)c1c(C)nn(-c3ccc(F)cc3)c1C)C2. The van der Waals surface area contributed by atoms with Crippen LogP contribution in [-0.2, 0) is 13.0 Å². The van der Waals surface area contributed by atoms with Gasteiger partial charge in [-0.25, -0.2) is 14.1 Å². The van der Waals surface area contributed by atoms with Crippen LogP contribution in [0, 0.1) is 26.6 Å². The van der Waals surface area contributed by atoms with Crippen molar-refractivity contribution in [3.05, 3.63) is 74.5 Å². The van der Waals surface area contributed by atoms with Gasteiger partial charge in [-0.3, -0.25) is 9.59 Å². The van der Waals surface area contributed by atoms with Crippen molar-refractivity contribution >= 4 is 5.91 Å². The van der Waals surface area contributed by atoms with E-state index in [0.717, 1.165) is 0 Å². The summed E-state index contributed by atoms with van der Waals surface area (Å²) in [7, 11) is 0. The van der Waals surface area contributed by atoms with E-state index >= 15 is 0 Å². The van der Waals surface area contributed by atoms with Crippen molar-refractivity contribution in [1.29, 1.82) is 0 Å². The van der Waals surface area contributed by atoms with Crippen molar-refractivity contribution in [2.75, 3.05) is 6.54 Å². The number of aryl methyl sites for hydroxylation is 2. The van der Waals surface area contributed by atoms with Crippen LogP contribution in [0.15, 0.2) is 29.1 Å². The number of aromatic amines is 1. The predicted octanol–water partition coefficient (Wildman–Crippen LogP) is 2.22. The Kier molecular flexibility index (Phi) is 4.33. The van der Waals surface area contributed by atoms with E-state index in [1.54, 1.807) is 35.6 Å². The summed E-state index contributed by atoms with van der Waals surface area (Å²) in [6, 6.07) is 5.97. The molecule has 0 radical (unpaired) electrons. The van der Waals surface area contributed by atoms with Gasteiger partial charge >= 0.3 is 0 Å². The number of rotatable bonds is 2. The molecule has 144 valence electrons. The first kappa shape index (κ1) is 18.1. The molecular formula is C20H20FN5O2. The summed E-state index contributed by atoms with van der Waals surface area (Å²) in [5.74, 6) is 0.0645. The fourth-order valence-electron chi connectivity index (χ4n) is 3.68. The monoisotopic (exact) mass is 381 g/mol. The second kappa shape index (κ2) is 6.70. The molecule has 0 atom stereocenters. The van der Waals surface area contributed by atoms with E-state index in [1.165, 1.54) is 12.1 Å². The van der Waals surface area contributed by atoms with Crippen molar-refractivity contribution in [2.45, 2.75) is 33.7 Å². The summed E-state index contributed by atoms with van der Waals surface area (Å²) in [5, 5.41) is 4.47. The zero-order valence-corrected chi connectivity index (χ0v) is 15.9. The van der Waals surface area contributed by atoms with Crippen molar-refractivity contribution in [1.82, 2.24) is 24.6 Å². The summed E-state index contributed by atoms with van der Waals surface area (Å²) < 4.78 is 14.9. The van der Waals surface area contributed by atoms with E-state index < -0.39 is 0 Å². The van der Waals surface area contributed by atoms with Gasteiger partial charge in [0, 0.05) is 12.1 Å². The number of benzene rings is 1. The van der Waals surface area contributed by atoms with Gasteiger partial charge in [0.25, 0.3) is 11.5 Å². The highest BCUT2D eigenvalue weighted by Gasteiger charge is 2.28. The Labute approximate surface area is 160 Å².